The third kappa shape index (κ3) is 3.28. The molecule has 1 saturated heterocycles. The standard InChI is InChI=1S/C23H30N2O4/c1-14-12-17-19-18(15(14)2)22(3,4)9-11-25(19)21(27)20(26)24(17)10-7-8-16-13-28-23(5,6)29-16/h7-8,12,16H,9-11,13H2,1-6H3/b8-7+. The van der Waals surface area contributed by atoms with Crippen LogP contribution in [0.2, 0.25) is 0 Å². The van der Waals surface area contributed by atoms with Crippen molar-refractivity contribution in [1.29, 1.82) is 0 Å². The Morgan fingerprint density at radius 3 is 2.55 bits per heavy atom. The van der Waals surface area contributed by atoms with Crippen molar-refractivity contribution in [3.8, 4) is 0 Å². The normalized spacial score (nSPS) is 22.6. The molecule has 0 bridgehead atoms. The number of aromatic nitrogens is 2. The van der Waals surface area contributed by atoms with Gasteiger partial charge in [-0.15, -0.1) is 0 Å². The van der Waals surface area contributed by atoms with Crippen LogP contribution in [0.4, 0.5) is 0 Å². The highest BCUT2D eigenvalue weighted by Crippen LogP contribution is 2.39. The lowest BCUT2D eigenvalue weighted by Crippen LogP contribution is -2.45. The molecule has 0 amide bonds. The van der Waals surface area contributed by atoms with E-state index in [0.717, 1.165) is 23.0 Å². The molecule has 0 radical (unpaired) electrons. The summed E-state index contributed by atoms with van der Waals surface area (Å²) in [6, 6.07) is 2.04. The van der Waals surface area contributed by atoms with Crippen molar-refractivity contribution in [2.24, 2.45) is 0 Å². The van der Waals surface area contributed by atoms with Crippen LogP contribution in [-0.4, -0.2) is 27.6 Å². The van der Waals surface area contributed by atoms with Crippen molar-refractivity contribution >= 4 is 11.0 Å². The van der Waals surface area contributed by atoms with Gasteiger partial charge in [-0.3, -0.25) is 14.2 Å². The molecular formula is C23H30N2O4. The van der Waals surface area contributed by atoms with E-state index in [1.165, 1.54) is 11.1 Å². The minimum Gasteiger partial charge on any atom is -0.347 e. The van der Waals surface area contributed by atoms with Crippen LogP contribution in [0, 0.1) is 13.8 Å². The van der Waals surface area contributed by atoms with Crippen molar-refractivity contribution in [3.05, 3.63) is 55.6 Å². The Morgan fingerprint density at radius 2 is 1.90 bits per heavy atom. The van der Waals surface area contributed by atoms with E-state index in [0.29, 0.717) is 19.7 Å². The van der Waals surface area contributed by atoms with Crippen molar-refractivity contribution in [1.82, 2.24) is 9.13 Å². The highest BCUT2D eigenvalue weighted by atomic mass is 16.7. The van der Waals surface area contributed by atoms with Crippen LogP contribution < -0.4 is 11.1 Å². The molecule has 1 atom stereocenters. The average molecular weight is 399 g/mol. The number of benzene rings is 1. The maximum absolute atomic E-state index is 12.9. The Hall–Kier alpha value is -2.18. The maximum Gasteiger partial charge on any atom is 0.317 e. The number of allylic oxidation sites excluding steroid dienone is 1. The van der Waals surface area contributed by atoms with Crippen LogP contribution in [-0.2, 0) is 28.0 Å². The molecule has 1 unspecified atom stereocenters. The van der Waals surface area contributed by atoms with Gasteiger partial charge in [0.25, 0.3) is 0 Å². The SMILES string of the molecule is Cc1cc2c3c(c1C)C(C)(C)CCn3c(=O)c(=O)n2C/C=C/C1COC(C)(C)O1. The monoisotopic (exact) mass is 398 g/mol. The predicted molar refractivity (Wildman–Crippen MR) is 114 cm³/mol. The molecule has 2 aliphatic heterocycles. The summed E-state index contributed by atoms with van der Waals surface area (Å²) in [6.45, 7) is 13.8. The molecule has 29 heavy (non-hydrogen) atoms. The molecule has 3 heterocycles. The summed E-state index contributed by atoms with van der Waals surface area (Å²) in [6.07, 6.45) is 4.50. The van der Waals surface area contributed by atoms with Gasteiger partial charge in [-0.05, 0) is 62.3 Å². The maximum atomic E-state index is 12.9. The van der Waals surface area contributed by atoms with E-state index in [1.807, 2.05) is 32.1 Å². The minimum absolute atomic E-state index is 0.0422. The van der Waals surface area contributed by atoms with E-state index < -0.39 is 16.9 Å². The molecular weight excluding hydrogens is 368 g/mol. The third-order valence-electron chi connectivity index (χ3n) is 6.34. The van der Waals surface area contributed by atoms with Gasteiger partial charge in [-0.2, -0.15) is 0 Å². The molecule has 0 aliphatic carbocycles. The van der Waals surface area contributed by atoms with Crippen LogP contribution in [0.15, 0.2) is 27.8 Å². The van der Waals surface area contributed by atoms with Crippen LogP contribution in [0.3, 0.4) is 0 Å². The summed E-state index contributed by atoms with van der Waals surface area (Å²) in [5.74, 6) is -0.592. The Morgan fingerprint density at radius 1 is 1.17 bits per heavy atom. The van der Waals surface area contributed by atoms with E-state index in [9.17, 15) is 9.59 Å². The second-order valence-electron chi connectivity index (χ2n) is 9.36. The minimum atomic E-state index is -0.592. The molecule has 156 valence electrons. The Labute approximate surface area is 170 Å². The number of rotatable bonds is 3. The first-order chi connectivity index (χ1) is 13.5. The van der Waals surface area contributed by atoms with Crippen molar-refractivity contribution < 1.29 is 9.47 Å². The molecule has 6 nitrogen and oxygen atoms in total. The summed E-state index contributed by atoms with van der Waals surface area (Å²) in [4.78, 5) is 25.8. The zero-order valence-corrected chi connectivity index (χ0v) is 18.2. The second-order valence-corrected chi connectivity index (χ2v) is 9.36. The number of ether oxygens (including phenoxy) is 2. The van der Waals surface area contributed by atoms with Gasteiger partial charge in [0.2, 0.25) is 0 Å². The molecule has 1 aromatic carbocycles. The first-order valence-electron chi connectivity index (χ1n) is 10.3. The fourth-order valence-corrected chi connectivity index (χ4v) is 4.67. The van der Waals surface area contributed by atoms with Crippen molar-refractivity contribution in [2.75, 3.05) is 6.61 Å². The molecule has 1 aromatic heterocycles. The lowest BCUT2D eigenvalue weighted by Gasteiger charge is -2.35. The van der Waals surface area contributed by atoms with Crippen LogP contribution in [0.5, 0.6) is 0 Å². The number of hydrogen-bond acceptors (Lipinski definition) is 4. The van der Waals surface area contributed by atoms with Gasteiger partial charge < -0.3 is 14.0 Å². The highest BCUT2D eigenvalue weighted by molar-refractivity contribution is 5.83. The van der Waals surface area contributed by atoms with Crippen LogP contribution in [0.25, 0.3) is 11.0 Å². The van der Waals surface area contributed by atoms with Crippen LogP contribution in [0.1, 0.15) is 50.8 Å². The highest BCUT2D eigenvalue weighted by Gasteiger charge is 2.33. The second kappa shape index (κ2) is 6.67. The van der Waals surface area contributed by atoms with Gasteiger partial charge in [0.1, 0.15) is 6.10 Å². The summed E-state index contributed by atoms with van der Waals surface area (Å²) in [5, 5.41) is 0. The lowest BCUT2D eigenvalue weighted by atomic mass is 9.75. The Kier molecular flexibility index (Phi) is 4.63. The van der Waals surface area contributed by atoms with E-state index in [2.05, 4.69) is 27.7 Å². The fraction of sp³-hybridized carbons (Fsp3) is 0.565. The number of nitrogens with zero attached hydrogens (tertiary/aromatic N) is 2. The molecule has 0 saturated carbocycles. The third-order valence-corrected chi connectivity index (χ3v) is 6.34. The molecule has 4 rings (SSSR count). The first-order valence-corrected chi connectivity index (χ1v) is 10.3. The number of hydrogen-bond donors (Lipinski definition) is 0. The van der Waals surface area contributed by atoms with E-state index in [-0.39, 0.29) is 11.5 Å². The topological polar surface area (TPSA) is 62.5 Å². The summed E-state index contributed by atoms with van der Waals surface area (Å²) < 4.78 is 14.7. The quantitative estimate of drug-likeness (QED) is 0.589. The van der Waals surface area contributed by atoms with Crippen molar-refractivity contribution in [3.63, 3.8) is 0 Å². The van der Waals surface area contributed by atoms with Gasteiger partial charge in [-0.25, -0.2) is 0 Å². The van der Waals surface area contributed by atoms with E-state index in [4.69, 9.17) is 9.47 Å². The molecule has 0 N–H and O–H groups in total. The van der Waals surface area contributed by atoms with Gasteiger partial charge in [0.15, 0.2) is 5.79 Å². The van der Waals surface area contributed by atoms with Gasteiger partial charge in [0.05, 0.1) is 17.6 Å². The first kappa shape index (κ1) is 20.1. The molecule has 0 spiro atoms. The summed E-state index contributed by atoms with van der Waals surface area (Å²) >= 11 is 0. The number of aryl methyl sites for hydroxylation is 2. The smallest absolute Gasteiger partial charge is 0.317 e. The molecule has 2 aliphatic rings. The fourth-order valence-electron chi connectivity index (χ4n) is 4.67. The Balaban J connectivity index is 1.85. The van der Waals surface area contributed by atoms with E-state index in [1.54, 1.807) is 9.13 Å². The van der Waals surface area contributed by atoms with Crippen molar-refractivity contribution in [2.45, 2.75) is 78.4 Å². The lowest BCUT2D eigenvalue weighted by molar-refractivity contribution is -0.133. The van der Waals surface area contributed by atoms with E-state index >= 15 is 0 Å². The Bertz CT molecular complexity index is 1130. The summed E-state index contributed by atoms with van der Waals surface area (Å²) in [5.41, 5.74) is 4.31. The van der Waals surface area contributed by atoms with Crippen LogP contribution >= 0.6 is 0 Å². The van der Waals surface area contributed by atoms with Gasteiger partial charge in [0, 0.05) is 13.1 Å². The largest absolute Gasteiger partial charge is 0.347 e. The summed E-state index contributed by atoms with van der Waals surface area (Å²) in [7, 11) is 0. The zero-order chi connectivity index (χ0) is 21.1. The average Bonchev–Trinajstić information content (AvgIpc) is 2.98. The predicted octanol–water partition coefficient (Wildman–Crippen LogP) is 3.17. The zero-order valence-electron chi connectivity index (χ0n) is 18.2. The molecule has 2 aromatic rings. The molecule has 1 fully saturated rings. The van der Waals surface area contributed by atoms with Gasteiger partial charge >= 0.3 is 11.1 Å². The molecule has 6 heteroatoms. The van der Waals surface area contributed by atoms with Gasteiger partial charge in [-0.1, -0.05) is 26.0 Å².